The summed E-state index contributed by atoms with van der Waals surface area (Å²) in [5.74, 6) is 1.30. The smallest absolute Gasteiger partial charge is 0.145 e. The van der Waals surface area contributed by atoms with Gasteiger partial charge in [0.15, 0.2) is 0 Å². The van der Waals surface area contributed by atoms with Crippen LogP contribution in [0.2, 0.25) is 0 Å². The van der Waals surface area contributed by atoms with Gasteiger partial charge in [0.2, 0.25) is 0 Å². The third-order valence-corrected chi connectivity index (χ3v) is 2.82. The van der Waals surface area contributed by atoms with E-state index in [9.17, 15) is 0 Å². The molecule has 2 N–H and O–H groups in total. The summed E-state index contributed by atoms with van der Waals surface area (Å²) in [6.07, 6.45) is 0. The van der Waals surface area contributed by atoms with Crippen LogP contribution in [0.15, 0.2) is 36.4 Å². The van der Waals surface area contributed by atoms with E-state index in [1.54, 1.807) is 12.1 Å². The molecule has 0 amide bonds. The predicted molar refractivity (Wildman–Crippen MR) is 75.0 cm³/mol. The number of hydrogen-bond donors (Lipinski definition) is 1. The number of nitrogens with zero attached hydrogens (tertiary/aromatic N) is 1. The van der Waals surface area contributed by atoms with E-state index in [1.807, 2.05) is 32.0 Å². The standard InChI is InChI=1S/C16H16N2O/c1-11-5-12(2)7-15(6-11)19-16-4-3-13(9-17)8-14(16)10-18/h3-8H,9,17H2,1-2H3. The van der Waals surface area contributed by atoms with Crippen molar-refractivity contribution in [3.63, 3.8) is 0 Å². The predicted octanol–water partition coefficient (Wildman–Crippen LogP) is 3.43. The molecule has 0 saturated heterocycles. The molecule has 0 atom stereocenters. The summed E-state index contributed by atoms with van der Waals surface area (Å²) in [7, 11) is 0. The summed E-state index contributed by atoms with van der Waals surface area (Å²) >= 11 is 0. The average Bonchev–Trinajstić information content (AvgIpc) is 2.38. The molecular formula is C16H16N2O. The van der Waals surface area contributed by atoms with Gasteiger partial charge in [0.1, 0.15) is 17.6 Å². The summed E-state index contributed by atoms with van der Waals surface area (Å²) in [5.41, 5.74) is 9.25. The van der Waals surface area contributed by atoms with Gasteiger partial charge in [-0.3, -0.25) is 0 Å². The van der Waals surface area contributed by atoms with Crippen LogP contribution in [-0.2, 0) is 6.54 Å². The number of aryl methyl sites for hydroxylation is 2. The summed E-state index contributed by atoms with van der Waals surface area (Å²) < 4.78 is 5.80. The van der Waals surface area contributed by atoms with Gasteiger partial charge < -0.3 is 10.5 Å². The second-order valence-electron chi connectivity index (χ2n) is 4.57. The van der Waals surface area contributed by atoms with E-state index in [1.165, 1.54) is 0 Å². The molecule has 2 aromatic rings. The van der Waals surface area contributed by atoms with Gasteiger partial charge in [-0.05, 0) is 54.8 Å². The molecule has 0 unspecified atom stereocenters. The third-order valence-electron chi connectivity index (χ3n) is 2.82. The number of rotatable bonds is 3. The Balaban J connectivity index is 2.35. The number of hydrogen-bond acceptors (Lipinski definition) is 3. The number of benzene rings is 2. The maximum atomic E-state index is 9.15. The summed E-state index contributed by atoms with van der Waals surface area (Å²) in [6, 6.07) is 13.5. The van der Waals surface area contributed by atoms with E-state index in [0.717, 1.165) is 22.4 Å². The van der Waals surface area contributed by atoms with Crippen molar-refractivity contribution < 1.29 is 4.74 Å². The van der Waals surface area contributed by atoms with E-state index >= 15 is 0 Å². The van der Waals surface area contributed by atoms with Crippen molar-refractivity contribution in [2.75, 3.05) is 0 Å². The molecule has 2 rings (SSSR count). The normalized spacial score (nSPS) is 10.0. The van der Waals surface area contributed by atoms with Crippen molar-refractivity contribution in [3.05, 3.63) is 58.7 Å². The Morgan fingerprint density at radius 3 is 2.37 bits per heavy atom. The van der Waals surface area contributed by atoms with Crippen molar-refractivity contribution in [2.24, 2.45) is 5.73 Å². The highest BCUT2D eigenvalue weighted by atomic mass is 16.5. The molecule has 96 valence electrons. The SMILES string of the molecule is Cc1cc(C)cc(Oc2ccc(CN)cc2C#N)c1. The first-order valence-electron chi connectivity index (χ1n) is 6.11. The minimum absolute atomic E-state index is 0.415. The van der Waals surface area contributed by atoms with Gasteiger partial charge in [0.05, 0.1) is 5.56 Å². The van der Waals surface area contributed by atoms with E-state index < -0.39 is 0 Å². The fourth-order valence-electron chi connectivity index (χ4n) is 2.00. The quantitative estimate of drug-likeness (QED) is 0.910. The van der Waals surface area contributed by atoms with Gasteiger partial charge in [0.25, 0.3) is 0 Å². The van der Waals surface area contributed by atoms with Crippen molar-refractivity contribution in [2.45, 2.75) is 20.4 Å². The van der Waals surface area contributed by atoms with E-state index in [2.05, 4.69) is 12.1 Å². The molecule has 3 heteroatoms. The largest absolute Gasteiger partial charge is 0.456 e. The Morgan fingerprint density at radius 2 is 1.79 bits per heavy atom. The average molecular weight is 252 g/mol. The van der Waals surface area contributed by atoms with Gasteiger partial charge in [0, 0.05) is 6.54 Å². The molecule has 19 heavy (non-hydrogen) atoms. The Morgan fingerprint density at radius 1 is 1.11 bits per heavy atom. The molecule has 0 radical (unpaired) electrons. The molecular weight excluding hydrogens is 236 g/mol. The molecule has 0 heterocycles. The Labute approximate surface area is 113 Å². The lowest BCUT2D eigenvalue weighted by Crippen LogP contribution is -1.97. The molecule has 2 aromatic carbocycles. The van der Waals surface area contributed by atoms with Crippen molar-refractivity contribution in [1.82, 2.24) is 0 Å². The van der Waals surface area contributed by atoms with Gasteiger partial charge in [-0.2, -0.15) is 5.26 Å². The van der Waals surface area contributed by atoms with Crippen LogP contribution in [0.5, 0.6) is 11.5 Å². The van der Waals surface area contributed by atoms with Gasteiger partial charge in [-0.25, -0.2) is 0 Å². The van der Waals surface area contributed by atoms with Crippen molar-refractivity contribution in [3.8, 4) is 17.6 Å². The molecule has 0 aliphatic heterocycles. The minimum Gasteiger partial charge on any atom is -0.456 e. The number of ether oxygens (including phenoxy) is 1. The lowest BCUT2D eigenvalue weighted by Gasteiger charge is -2.10. The fraction of sp³-hybridized carbons (Fsp3) is 0.188. The maximum Gasteiger partial charge on any atom is 0.145 e. The van der Waals surface area contributed by atoms with Crippen molar-refractivity contribution >= 4 is 0 Å². The zero-order valence-electron chi connectivity index (χ0n) is 11.1. The van der Waals surface area contributed by atoms with Crippen LogP contribution in [0.25, 0.3) is 0 Å². The van der Waals surface area contributed by atoms with Gasteiger partial charge >= 0.3 is 0 Å². The topological polar surface area (TPSA) is 59.0 Å². The second-order valence-corrected chi connectivity index (χ2v) is 4.57. The fourth-order valence-corrected chi connectivity index (χ4v) is 2.00. The molecule has 0 bridgehead atoms. The van der Waals surface area contributed by atoms with E-state index in [-0.39, 0.29) is 0 Å². The molecule has 0 aliphatic carbocycles. The first-order valence-corrected chi connectivity index (χ1v) is 6.11. The molecule has 0 spiro atoms. The Bertz CT molecular complexity index is 621. The van der Waals surface area contributed by atoms with Crippen LogP contribution in [0.1, 0.15) is 22.3 Å². The zero-order chi connectivity index (χ0) is 13.8. The summed E-state index contributed by atoms with van der Waals surface area (Å²) in [5, 5.41) is 9.15. The highest BCUT2D eigenvalue weighted by Gasteiger charge is 2.06. The number of nitrogens with two attached hydrogens (primary N) is 1. The highest BCUT2D eigenvalue weighted by Crippen LogP contribution is 2.27. The van der Waals surface area contributed by atoms with Crippen LogP contribution in [0.4, 0.5) is 0 Å². The summed E-state index contributed by atoms with van der Waals surface area (Å²) in [4.78, 5) is 0. The highest BCUT2D eigenvalue weighted by molar-refractivity contribution is 5.48. The zero-order valence-corrected chi connectivity index (χ0v) is 11.1. The number of nitriles is 1. The first kappa shape index (κ1) is 13.1. The van der Waals surface area contributed by atoms with Crippen LogP contribution < -0.4 is 10.5 Å². The molecule has 3 nitrogen and oxygen atoms in total. The molecule has 0 aromatic heterocycles. The first-order chi connectivity index (χ1) is 9.12. The molecule has 0 aliphatic rings. The molecule has 0 saturated carbocycles. The van der Waals surface area contributed by atoms with Gasteiger partial charge in [-0.15, -0.1) is 0 Å². The maximum absolute atomic E-state index is 9.15. The minimum atomic E-state index is 0.415. The van der Waals surface area contributed by atoms with E-state index in [0.29, 0.717) is 17.9 Å². The lowest BCUT2D eigenvalue weighted by atomic mass is 10.1. The summed E-state index contributed by atoms with van der Waals surface area (Å²) in [6.45, 7) is 4.45. The van der Waals surface area contributed by atoms with Crippen LogP contribution in [0, 0.1) is 25.2 Å². The lowest BCUT2D eigenvalue weighted by molar-refractivity contribution is 0.480. The van der Waals surface area contributed by atoms with Crippen LogP contribution in [0.3, 0.4) is 0 Å². The van der Waals surface area contributed by atoms with E-state index in [4.69, 9.17) is 15.7 Å². The van der Waals surface area contributed by atoms with Crippen LogP contribution in [-0.4, -0.2) is 0 Å². The Hall–Kier alpha value is -2.31. The molecule has 0 fully saturated rings. The Kier molecular flexibility index (Phi) is 3.84. The second kappa shape index (κ2) is 5.55. The third kappa shape index (κ3) is 3.12. The van der Waals surface area contributed by atoms with Crippen LogP contribution >= 0.6 is 0 Å². The van der Waals surface area contributed by atoms with Crippen molar-refractivity contribution in [1.29, 1.82) is 5.26 Å². The monoisotopic (exact) mass is 252 g/mol. The van der Waals surface area contributed by atoms with Gasteiger partial charge in [-0.1, -0.05) is 12.1 Å².